The van der Waals surface area contributed by atoms with Gasteiger partial charge in [0.15, 0.2) is 0 Å². The molecule has 0 N–H and O–H groups in total. The van der Waals surface area contributed by atoms with Crippen molar-refractivity contribution in [3.63, 3.8) is 0 Å². The van der Waals surface area contributed by atoms with Crippen LogP contribution in [0.5, 0.6) is 0 Å². The van der Waals surface area contributed by atoms with Gasteiger partial charge in [-0.1, -0.05) is 101 Å². The smallest absolute Gasteiger partial charge is 0.146 e. The Morgan fingerprint density at radius 1 is 0.771 bits per heavy atom. The predicted molar refractivity (Wildman–Crippen MR) is 148 cm³/mol. The van der Waals surface area contributed by atoms with Crippen LogP contribution in [-0.2, 0) is 6.42 Å². The van der Waals surface area contributed by atoms with Crippen LogP contribution in [0.15, 0.2) is 54.6 Å². The summed E-state index contributed by atoms with van der Waals surface area (Å²) in [4.78, 5) is 0. The van der Waals surface area contributed by atoms with Crippen LogP contribution in [0.25, 0.3) is 10.8 Å². The van der Waals surface area contributed by atoms with Gasteiger partial charge >= 0.3 is 0 Å². The third kappa shape index (κ3) is 6.98. The topological polar surface area (TPSA) is 0 Å². The summed E-state index contributed by atoms with van der Waals surface area (Å²) in [6.07, 6.45) is 15.6. The molecule has 0 radical (unpaired) electrons. The van der Waals surface area contributed by atoms with Crippen molar-refractivity contribution in [2.45, 2.75) is 96.8 Å². The second-order valence-electron chi connectivity index (χ2n) is 10.5. The van der Waals surface area contributed by atoms with Crippen LogP contribution in [0.2, 0.25) is 0 Å². The number of fused-ring (bicyclic) bond motifs is 1. The van der Waals surface area contributed by atoms with E-state index in [2.05, 4.69) is 62.1 Å². The Labute approximate surface area is 212 Å². The second kappa shape index (κ2) is 12.9. The molecule has 184 valence electrons. The molecule has 1 heteroatoms. The molecule has 0 amide bonds. The molecule has 0 aliphatic heterocycles. The predicted octanol–water partition coefficient (Wildman–Crippen LogP) is 9.97. The van der Waals surface area contributed by atoms with E-state index in [0.29, 0.717) is 16.9 Å². The Bertz CT molecular complexity index is 1140. The number of rotatable bonds is 9. The van der Waals surface area contributed by atoms with Gasteiger partial charge in [0, 0.05) is 10.9 Å². The SMILES string of the molecule is CCCCCc1ccc2c(F)c(C#Cc3ccc(C4CCC(CCCCC)CC4)cc3)ccc2c1. The minimum Gasteiger partial charge on any atom is -0.205 e. The van der Waals surface area contributed by atoms with Crippen LogP contribution in [0.1, 0.15) is 113 Å². The Kier molecular flexibility index (Phi) is 9.42. The maximum atomic E-state index is 15.1. The van der Waals surface area contributed by atoms with E-state index in [4.69, 9.17) is 0 Å². The minimum atomic E-state index is -0.206. The third-order valence-corrected chi connectivity index (χ3v) is 7.87. The van der Waals surface area contributed by atoms with Gasteiger partial charge in [-0.15, -0.1) is 0 Å². The molecule has 0 saturated heterocycles. The van der Waals surface area contributed by atoms with E-state index in [9.17, 15) is 0 Å². The molecular weight excluding hydrogens is 427 g/mol. The average molecular weight is 469 g/mol. The highest BCUT2D eigenvalue weighted by molar-refractivity contribution is 5.85. The molecule has 0 atom stereocenters. The van der Waals surface area contributed by atoms with Gasteiger partial charge in [-0.2, -0.15) is 0 Å². The largest absolute Gasteiger partial charge is 0.205 e. The van der Waals surface area contributed by atoms with E-state index in [-0.39, 0.29) is 5.82 Å². The summed E-state index contributed by atoms with van der Waals surface area (Å²) in [7, 11) is 0. The first-order valence-electron chi connectivity index (χ1n) is 14.0. The third-order valence-electron chi connectivity index (χ3n) is 7.87. The molecule has 0 bridgehead atoms. The Balaban J connectivity index is 1.38. The molecule has 1 saturated carbocycles. The first kappa shape index (κ1) is 25.5. The fraction of sp³-hybridized carbons (Fsp3) is 0.471. The average Bonchev–Trinajstić information content (AvgIpc) is 2.89. The first-order chi connectivity index (χ1) is 17.2. The van der Waals surface area contributed by atoms with Crippen molar-refractivity contribution < 1.29 is 4.39 Å². The number of aryl methyl sites for hydroxylation is 1. The number of hydrogen-bond acceptors (Lipinski definition) is 0. The van der Waals surface area contributed by atoms with Crippen molar-refractivity contribution in [3.05, 3.63) is 82.7 Å². The Morgan fingerprint density at radius 3 is 2.26 bits per heavy atom. The summed E-state index contributed by atoms with van der Waals surface area (Å²) in [5.41, 5.74) is 4.15. The molecule has 0 unspecified atom stereocenters. The van der Waals surface area contributed by atoms with Crippen LogP contribution in [0, 0.1) is 23.6 Å². The summed E-state index contributed by atoms with van der Waals surface area (Å²) in [6.45, 7) is 4.50. The molecule has 3 aromatic carbocycles. The summed E-state index contributed by atoms with van der Waals surface area (Å²) in [5.74, 6) is 7.69. The van der Waals surface area contributed by atoms with Crippen LogP contribution in [0.4, 0.5) is 4.39 Å². The second-order valence-corrected chi connectivity index (χ2v) is 10.5. The van der Waals surface area contributed by atoms with E-state index in [1.807, 2.05) is 18.2 Å². The fourth-order valence-electron chi connectivity index (χ4n) is 5.62. The number of benzene rings is 3. The first-order valence-corrected chi connectivity index (χ1v) is 14.0. The molecule has 0 spiro atoms. The number of unbranched alkanes of at least 4 members (excludes halogenated alkanes) is 4. The van der Waals surface area contributed by atoms with Gasteiger partial charge in [-0.05, 0) is 85.1 Å². The van der Waals surface area contributed by atoms with E-state index in [1.54, 1.807) is 0 Å². The summed E-state index contributed by atoms with van der Waals surface area (Å²) < 4.78 is 15.1. The zero-order valence-corrected chi connectivity index (χ0v) is 21.7. The molecule has 3 aromatic rings. The number of hydrogen-bond donors (Lipinski definition) is 0. The summed E-state index contributed by atoms with van der Waals surface area (Å²) >= 11 is 0. The molecule has 4 rings (SSSR count). The van der Waals surface area contributed by atoms with E-state index >= 15 is 4.39 Å². The lowest BCUT2D eigenvalue weighted by Gasteiger charge is -2.29. The van der Waals surface area contributed by atoms with Crippen LogP contribution >= 0.6 is 0 Å². The van der Waals surface area contributed by atoms with Gasteiger partial charge in [0.2, 0.25) is 0 Å². The molecule has 35 heavy (non-hydrogen) atoms. The lowest BCUT2D eigenvalue weighted by Crippen LogP contribution is -2.13. The molecule has 0 aromatic heterocycles. The normalized spacial score (nSPS) is 17.8. The van der Waals surface area contributed by atoms with E-state index < -0.39 is 0 Å². The van der Waals surface area contributed by atoms with Gasteiger partial charge in [0.1, 0.15) is 5.82 Å². The zero-order chi connectivity index (χ0) is 24.5. The van der Waals surface area contributed by atoms with Gasteiger partial charge in [-0.25, -0.2) is 4.39 Å². The Hall–Kier alpha value is -2.59. The van der Waals surface area contributed by atoms with Gasteiger partial charge in [0.05, 0.1) is 5.56 Å². The van der Waals surface area contributed by atoms with Crippen molar-refractivity contribution in [1.29, 1.82) is 0 Å². The minimum absolute atomic E-state index is 0.206. The lowest BCUT2D eigenvalue weighted by atomic mass is 9.77. The summed E-state index contributed by atoms with van der Waals surface area (Å²) in [6, 6.07) is 18.6. The molecular formula is C34H41F. The molecule has 1 aliphatic rings. The molecule has 0 nitrogen and oxygen atoms in total. The van der Waals surface area contributed by atoms with Crippen LogP contribution in [0.3, 0.4) is 0 Å². The molecule has 1 aliphatic carbocycles. The molecule has 1 fully saturated rings. The number of halogens is 1. The van der Waals surface area contributed by atoms with Crippen molar-refractivity contribution in [3.8, 4) is 11.8 Å². The van der Waals surface area contributed by atoms with Gasteiger partial charge in [-0.3, -0.25) is 0 Å². The van der Waals surface area contributed by atoms with Gasteiger partial charge in [0.25, 0.3) is 0 Å². The van der Waals surface area contributed by atoms with Crippen molar-refractivity contribution >= 4 is 10.8 Å². The Morgan fingerprint density at radius 2 is 1.51 bits per heavy atom. The van der Waals surface area contributed by atoms with Crippen LogP contribution < -0.4 is 0 Å². The van der Waals surface area contributed by atoms with Crippen molar-refractivity contribution in [2.24, 2.45) is 5.92 Å². The zero-order valence-electron chi connectivity index (χ0n) is 21.7. The monoisotopic (exact) mass is 468 g/mol. The van der Waals surface area contributed by atoms with Crippen molar-refractivity contribution in [1.82, 2.24) is 0 Å². The van der Waals surface area contributed by atoms with Crippen molar-refractivity contribution in [2.75, 3.05) is 0 Å². The highest BCUT2D eigenvalue weighted by Crippen LogP contribution is 2.37. The van der Waals surface area contributed by atoms with E-state index in [1.165, 1.54) is 81.8 Å². The van der Waals surface area contributed by atoms with E-state index in [0.717, 1.165) is 23.3 Å². The van der Waals surface area contributed by atoms with Gasteiger partial charge < -0.3 is 0 Å². The fourth-order valence-corrected chi connectivity index (χ4v) is 5.62. The van der Waals surface area contributed by atoms with Crippen LogP contribution in [-0.4, -0.2) is 0 Å². The highest BCUT2D eigenvalue weighted by Gasteiger charge is 2.21. The highest BCUT2D eigenvalue weighted by atomic mass is 19.1. The maximum Gasteiger partial charge on any atom is 0.146 e. The quantitative estimate of drug-likeness (QED) is 0.216. The standard InChI is InChI=1S/C34H41F/c1-3-5-7-9-26-11-17-29(18-12-26)30-19-13-27(14-20-30)15-21-31-22-23-32-25-28(10-8-6-4-2)16-24-33(32)34(31)35/h13-14,16,19-20,22-26,29H,3-12,17-18H2,1-2H3. The molecule has 0 heterocycles. The maximum absolute atomic E-state index is 15.1. The summed E-state index contributed by atoms with van der Waals surface area (Å²) in [5, 5.41) is 1.63. The lowest BCUT2D eigenvalue weighted by molar-refractivity contribution is 0.303.